The summed E-state index contributed by atoms with van der Waals surface area (Å²) in [5.41, 5.74) is 3.90. The van der Waals surface area contributed by atoms with Crippen LogP contribution in [0.2, 0.25) is 5.02 Å². The van der Waals surface area contributed by atoms with Crippen LogP contribution in [0.4, 0.5) is 11.4 Å². The minimum Gasteiger partial charge on any atom is -0.318 e. The molecule has 6 heteroatoms. The van der Waals surface area contributed by atoms with Gasteiger partial charge < -0.3 is 5.32 Å². The van der Waals surface area contributed by atoms with E-state index >= 15 is 0 Å². The molecule has 2 aromatic rings. The summed E-state index contributed by atoms with van der Waals surface area (Å²) < 4.78 is 0. The van der Waals surface area contributed by atoms with Gasteiger partial charge in [0.1, 0.15) is 0 Å². The summed E-state index contributed by atoms with van der Waals surface area (Å²) in [5, 5.41) is 6.59. The number of para-hydroxylation sites is 2. The van der Waals surface area contributed by atoms with E-state index in [1.54, 1.807) is 36.4 Å². The molecule has 0 fully saturated rings. The van der Waals surface area contributed by atoms with Gasteiger partial charge in [-0.2, -0.15) is 5.10 Å². The van der Waals surface area contributed by atoms with E-state index in [1.807, 2.05) is 18.2 Å². The minimum atomic E-state index is -0.539. The maximum Gasteiger partial charge on any atom is 0.287 e. The van der Waals surface area contributed by atoms with Gasteiger partial charge in [-0.1, -0.05) is 53.5 Å². The van der Waals surface area contributed by atoms with E-state index in [9.17, 15) is 4.79 Å². The summed E-state index contributed by atoms with van der Waals surface area (Å²) in [6, 6.07) is 16.0. The van der Waals surface area contributed by atoms with Gasteiger partial charge in [-0.3, -0.25) is 10.2 Å². The third-order valence-electron chi connectivity index (χ3n) is 2.37. The van der Waals surface area contributed by atoms with Crippen LogP contribution in [-0.2, 0) is 4.79 Å². The maximum absolute atomic E-state index is 11.8. The number of hydrazone groups is 1. The molecule has 2 aromatic carbocycles. The summed E-state index contributed by atoms with van der Waals surface area (Å²) >= 11 is 11.7. The Morgan fingerprint density at radius 3 is 2.35 bits per heavy atom. The van der Waals surface area contributed by atoms with Crippen molar-refractivity contribution in [1.82, 2.24) is 0 Å². The number of carbonyl (C=O) groups excluding carboxylic acids is 1. The number of hydrogen-bond acceptors (Lipinski definition) is 3. The molecule has 0 radical (unpaired) electrons. The second kappa shape index (κ2) is 6.93. The standard InChI is InChI=1S/C14H11Cl2N3O/c15-11-8-4-5-9-12(11)17-14(20)13(16)19-18-10-6-2-1-3-7-10/h1-9,18H,(H,17,20)/b19-13-. The number of nitrogens with one attached hydrogen (secondary N) is 2. The highest BCUT2D eigenvalue weighted by molar-refractivity contribution is 6.84. The molecule has 0 aliphatic rings. The molecule has 0 aliphatic heterocycles. The molecule has 0 aromatic heterocycles. The Balaban J connectivity index is 2.00. The topological polar surface area (TPSA) is 53.5 Å². The highest BCUT2D eigenvalue weighted by Crippen LogP contribution is 2.20. The Hall–Kier alpha value is -2.04. The zero-order chi connectivity index (χ0) is 14.4. The summed E-state index contributed by atoms with van der Waals surface area (Å²) in [7, 11) is 0. The van der Waals surface area contributed by atoms with Gasteiger partial charge in [0.25, 0.3) is 5.91 Å². The third kappa shape index (κ3) is 3.98. The van der Waals surface area contributed by atoms with Crippen LogP contribution in [0, 0.1) is 0 Å². The zero-order valence-electron chi connectivity index (χ0n) is 10.3. The molecule has 2 N–H and O–H groups in total. The van der Waals surface area contributed by atoms with Crippen molar-refractivity contribution in [2.45, 2.75) is 0 Å². The van der Waals surface area contributed by atoms with E-state index in [1.165, 1.54) is 0 Å². The molecule has 0 spiro atoms. The molecule has 1 amide bonds. The second-order valence-electron chi connectivity index (χ2n) is 3.81. The maximum atomic E-state index is 11.8. The number of halogens is 2. The van der Waals surface area contributed by atoms with E-state index in [0.717, 1.165) is 5.69 Å². The molecular formula is C14H11Cl2N3O. The highest BCUT2D eigenvalue weighted by Gasteiger charge is 2.10. The van der Waals surface area contributed by atoms with E-state index < -0.39 is 5.91 Å². The van der Waals surface area contributed by atoms with Crippen LogP contribution in [-0.4, -0.2) is 11.1 Å². The molecule has 20 heavy (non-hydrogen) atoms. The average molecular weight is 308 g/mol. The predicted molar refractivity (Wildman–Crippen MR) is 83.4 cm³/mol. The molecule has 0 bridgehead atoms. The zero-order valence-corrected chi connectivity index (χ0v) is 11.8. The molecule has 2 rings (SSSR count). The first-order valence-corrected chi connectivity index (χ1v) is 6.52. The van der Waals surface area contributed by atoms with Gasteiger partial charge in [0, 0.05) is 0 Å². The Morgan fingerprint density at radius 1 is 1.00 bits per heavy atom. The van der Waals surface area contributed by atoms with Gasteiger partial charge in [0.05, 0.1) is 16.4 Å². The van der Waals surface area contributed by atoms with Crippen molar-refractivity contribution in [3.63, 3.8) is 0 Å². The highest BCUT2D eigenvalue weighted by atomic mass is 35.5. The molecule has 0 unspecified atom stereocenters. The lowest BCUT2D eigenvalue weighted by Gasteiger charge is -2.06. The van der Waals surface area contributed by atoms with Gasteiger partial charge in [0.2, 0.25) is 5.17 Å². The minimum absolute atomic E-state index is 0.214. The lowest BCUT2D eigenvalue weighted by Crippen LogP contribution is -2.19. The third-order valence-corrected chi connectivity index (χ3v) is 2.95. The Kier molecular flexibility index (Phi) is 4.98. The van der Waals surface area contributed by atoms with Crippen molar-refractivity contribution in [1.29, 1.82) is 0 Å². The van der Waals surface area contributed by atoms with Gasteiger partial charge in [-0.15, -0.1) is 0 Å². The smallest absolute Gasteiger partial charge is 0.287 e. The van der Waals surface area contributed by atoms with Crippen molar-refractivity contribution in [3.8, 4) is 0 Å². The van der Waals surface area contributed by atoms with E-state index in [4.69, 9.17) is 23.2 Å². The van der Waals surface area contributed by atoms with Crippen LogP contribution in [0.5, 0.6) is 0 Å². The summed E-state index contributed by atoms with van der Waals surface area (Å²) in [5.74, 6) is -0.539. The van der Waals surface area contributed by atoms with Crippen LogP contribution < -0.4 is 10.7 Å². The number of anilines is 2. The fraction of sp³-hybridized carbons (Fsp3) is 0. The normalized spacial score (nSPS) is 11.0. The number of amides is 1. The first-order valence-electron chi connectivity index (χ1n) is 5.77. The monoisotopic (exact) mass is 307 g/mol. The molecular weight excluding hydrogens is 297 g/mol. The van der Waals surface area contributed by atoms with Crippen molar-refractivity contribution in [2.75, 3.05) is 10.7 Å². The first-order chi connectivity index (χ1) is 9.66. The molecule has 0 atom stereocenters. The molecule has 102 valence electrons. The summed E-state index contributed by atoms with van der Waals surface area (Å²) in [6.45, 7) is 0. The average Bonchev–Trinajstić information content (AvgIpc) is 2.48. The Bertz CT molecular complexity index is 629. The van der Waals surface area contributed by atoms with Crippen molar-refractivity contribution in [3.05, 3.63) is 59.6 Å². The number of rotatable bonds is 4. The van der Waals surface area contributed by atoms with Gasteiger partial charge >= 0.3 is 0 Å². The van der Waals surface area contributed by atoms with E-state index in [-0.39, 0.29) is 5.17 Å². The van der Waals surface area contributed by atoms with E-state index in [0.29, 0.717) is 10.7 Å². The molecule has 0 saturated heterocycles. The largest absolute Gasteiger partial charge is 0.318 e. The van der Waals surface area contributed by atoms with Crippen LogP contribution >= 0.6 is 23.2 Å². The van der Waals surface area contributed by atoms with Crippen LogP contribution in [0.3, 0.4) is 0 Å². The first kappa shape index (κ1) is 14.4. The number of benzene rings is 2. The van der Waals surface area contributed by atoms with Crippen LogP contribution in [0.15, 0.2) is 59.7 Å². The molecule has 0 heterocycles. The van der Waals surface area contributed by atoms with E-state index in [2.05, 4.69) is 15.8 Å². The van der Waals surface area contributed by atoms with Gasteiger partial charge in [0.15, 0.2) is 0 Å². The lowest BCUT2D eigenvalue weighted by atomic mass is 10.3. The molecule has 4 nitrogen and oxygen atoms in total. The SMILES string of the molecule is O=C(Nc1ccccc1Cl)/C(Cl)=N/Nc1ccccc1. The Morgan fingerprint density at radius 2 is 1.65 bits per heavy atom. The quantitative estimate of drug-likeness (QED) is 0.664. The summed E-state index contributed by atoms with van der Waals surface area (Å²) in [6.07, 6.45) is 0. The van der Waals surface area contributed by atoms with Crippen LogP contribution in [0.25, 0.3) is 0 Å². The van der Waals surface area contributed by atoms with Gasteiger partial charge in [-0.05, 0) is 24.3 Å². The lowest BCUT2D eigenvalue weighted by molar-refractivity contribution is -0.110. The van der Waals surface area contributed by atoms with Gasteiger partial charge in [-0.25, -0.2) is 0 Å². The number of carbonyl (C=O) groups is 1. The van der Waals surface area contributed by atoms with Crippen molar-refractivity contribution in [2.24, 2.45) is 5.10 Å². The number of nitrogens with zero attached hydrogens (tertiary/aromatic N) is 1. The number of hydrogen-bond donors (Lipinski definition) is 2. The molecule has 0 aliphatic carbocycles. The Labute approximate surface area is 126 Å². The second-order valence-corrected chi connectivity index (χ2v) is 4.58. The van der Waals surface area contributed by atoms with Crippen LogP contribution in [0.1, 0.15) is 0 Å². The predicted octanol–water partition coefficient (Wildman–Crippen LogP) is 3.94. The molecule has 0 saturated carbocycles. The fourth-order valence-corrected chi connectivity index (χ4v) is 1.69. The van der Waals surface area contributed by atoms with Crippen molar-refractivity contribution >= 4 is 45.7 Å². The fourth-order valence-electron chi connectivity index (χ4n) is 1.41. The van der Waals surface area contributed by atoms with Crippen molar-refractivity contribution < 1.29 is 4.79 Å². The summed E-state index contributed by atoms with van der Waals surface area (Å²) in [4.78, 5) is 11.8.